The van der Waals surface area contributed by atoms with Gasteiger partial charge in [0.15, 0.2) is 0 Å². The molecule has 0 fully saturated rings. The largest absolute Gasteiger partial charge is 0.492 e. The van der Waals surface area contributed by atoms with E-state index in [1.165, 1.54) is 16.7 Å². The number of carbonyl (C=O) groups is 2. The Kier molecular flexibility index (Phi) is 12.9. The number of sulfonamides is 1. The number of carbonyl (C=O) groups excluding carboxylic acids is 2. The van der Waals surface area contributed by atoms with E-state index in [1.807, 2.05) is 81.6 Å². The number of ether oxygens (including phenoxy) is 1. The number of rotatable bonds is 16. The Hall–Kier alpha value is -4.28. The number of thioether (sulfide) groups is 1. The standard InChI is InChI=1S/C37H43N3O5S2/c1-5-23-38-37(42)34(25-29-14-8-7-9-15-29)39(26-30-16-12-13-28(3)24-30)36(41)27-40(33-17-10-11-18-35(33)45-6-2)47(43,44)32-21-19-31(46-4)20-22-32/h7-22,24,34H,5-6,23,25-27H2,1-4H3,(H,38,42)/t34-/m1/s1. The second-order valence-corrected chi connectivity index (χ2v) is 13.8. The third-order valence-corrected chi connectivity index (χ3v) is 10.1. The number of para-hydroxylation sites is 2. The predicted molar refractivity (Wildman–Crippen MR) is 189 cm³/mol. The van der Waals surface area contributed by atoms with E-state index in [-0.39, 0.29) is 29.5 Å². The summed E-state index contributed by atoms with van der Waals surface area (Å²) in [5, 5.41) is 2.98. The lowest BCUT2D eigenvalue weighted by molar-refractivity contribution is -0.140. The number of aryl methyl sites for hydroxylation is 1. The number of amides is 2. The minimum absolute atomic E-state index is 0.0427. The van der Waals surface area contributed by atoms with Crippen molar-refractivity contribution < 1.29 is 22.7 Å². The smallest absolute Gasteiger partial charge is 0.264 e. The minimum Gasteiger partial charge on any atom is -0.492 e. The monoisotopic (exact) mass is 673 g/mol. The van der Waals surface area contributed by atoms with E-state index in [9.17, 15) is 18.0 Å². The molecule has 0 aromatic heterocycles. The van der Waals surface area contributed by atoms with Crippen LogP contribution in [0.2, 0.25) is 0 Å². The second-order valence-electron chi connectivity index (χ2n) is 11.1. The van der Waals surface area contributed by atoms with Gasteiger partial charge < -0.3 is 15.0 Å². The summed E-state index contributed by atoms with van der Waals surface area (Å²) in [6.07, 6.45) is 2.90. The van der Waals surface area contributed by atoms with Crippen LogP contribution in [-0.2, 0) is 32.6 Å². The molecule has 0 saturated carbocycles. The molecule has 248 valence electrons. The first kappa shape index (κ1) is 35.6. The number of anilines is 1. The highest BCUT2D eigenvalue weighted by atomic mass is 32.2. The first-order valence-corrected chi connectivity index (χ1v) is 18.4. The Bertz CT molecular complexity index is 1730. The first-order chi connectivity index (χ1) is 22.7. The Balaban J connectivity index is 1.83. The fourth-order valence-corrected chi connectivity index (χ4v) is 7.09. The van der Waals surface area contributed by atoms with Gasteiger partial charge in [0.05, 0.1) is 17.2 Å². The molecule has 2 amide bonds. The van der Waals surface area contributed by atoms with Gasteiger partial charge in [0.2, 0.25) is 11.8 Å². The molecule has 1 atom stereocenters. The van der Waals surface area contributed by atoms with E-state index in [0.29, 0.717) is 18.9 Å². The summed E-state index contributed by atoms with van der Waals surface area (Å²) < 4.78 is 35.7. The van der Waals surface area contributed by atoms with Crippen LogP contribution < -0.4 is 14.4 Å². The molecule has 4 aromatic rings. The minimum atomic E-state index is -4.25. The van der Waals surface area contributed by atoms with E-state index in [4.69, 9.17) is 4.74 Å². The van der Waals surface area contributed by atoms with Crippen LogP contribution in [0.4, 0.5) is 5.69 Å². The lowest BCUT2D eigenvalue weighted by Gasteiger charge is -2.34. The van der Waals surface area contributed by atoms with Crippen LogP contribution in [-0.4, -0.2) is 57.1 Å². The van der Waals surface area contributed by atoms with Crippen molar-refractivity contribution in [3.63, 3.8) is 0 Å². The quantitative estimate of drug-likeness (QED) is 0.137. The molecule has 0 bridgehead atoms. The van der Waals surface area contributed by atoms with Gasteiger partial charge in [-0.2, -0.15) is 0 Å². The van der Waals surface area contributed by atoms with Gasteiger partial charge in [0.1, 0.15) is 18.3 Å². The highest BCUT2D eigenvalue weighted by Crippen LogP contribution is 2.33. The lowest BCUT2D eigenvalue weighted by atomic mass is 10.0. The molecule has 0 unspecified atom stereocenters. The van der Waals surface area contributed by atoms with E-state index in [0.717, 1.165) is 32.3 Å². The van der Waals surface area contributed by atoms with Crippen LogP contribution in [0.3, 0.4) is 0 Å². The van der Waals surface area contributed by atoms with Crippen LogP contribution in [0.25, 0.3) is 0 Å². The third-order valence-electron chi connectivity index (χ3n) is 7.62. The van der Waals surface area contributed by atoms with Gasteiger partial charge in [-0.3, -0.25) is 13.9 Å². The molecule has 0 aliphatic rings. The van der Waals surface area contributed by atoms with Crippen molar-refractivity contribution in [3.05, 3.63) is 120 Å². The van der Waals surface area contributed by atoms with Gasteiger partial charge in [-0.1, -0.05) is 79.2 Å². The topological polar surface area (TPSA) is 96.0 Å². The summed E-state index contributed by atoms with van der Waals surface area (Å²) in [7, 11) is -4.25. The van der Waals surface area contributed by atoms with Crippen LogP contribution >= 0.6 is 11.8 Å². The summed E-state index contributed by atoms with van der Waals surface area (Å²) in [4.78, 5) is 31.0. The molecule has 0 aliphatic heterocycles. The Morgan fingerprint density at radius 3 is 2.21 bits per heavy atom. The van der Waals surface area contributed by atoms with Gasteiger partial charge in [-0.25, -0.2) is 8.42 Å². The molecular weight excluding hydrogens is 631 g/mol. The molecule has 8 nitrogen and oxygen atoms in total. The maximum absolute atomic E-state index is 14.7. The molecule has 0 aliphatic carbocycles. The Labute approximate surface area is 283 Å². The van der Waals surface area contributed by atoms with Crippen molar-refractivity contribution in [2.75, 3.05) is 30.3 Å². The molecule has 10 heteroatoms. The summed E-state index contributed by atoms with van der Waals surface area (Å²) in [5.74, 6) is -0.484. The molecule has 4 rings (SSSR count). The molecule has 4 aromatic carbocycles. The van der Waals surface area contributed by atoms with Crippen molar-refractivity contribution in [3.8, 4) is 5.75 Å². The summed E-state index contributed by atoms with van der Waals surface area (Å²) in [6.45, 7) is 6.06. The SMILES string of the molecule is CCCNC(=O)[C@@H](Cc1ccccc1)N(Cc1cccc(C)c1)C(=O)CN(c1ccccc1OCC)S(=O)(=O)c1ccc(SC)cc1. The van der Waals surface area contributed by atoms with E-state index < -0.39 is 28.5 Å². The number of hydrogen-bond donors (Lipinski definition) is 1. The van der Waals surface area contributed by atoms with Gasteiger partial charge in [-0.05, 0) is 74.0 Å². The normalized spacial score (nSPS) is 11.8. The molecule has 0 spiro atoms. The van der Waals surface area contributed by atoms with Gasteiger partial charge in [0.25, 0.3) is 10.0 Å². The van der Waals surface area contributed by atoms with E-state index in [2.05, 4.69) is 5.32 Å². The van der Waals surface area contributed by atoms with Crippen LogP contribution in [0.15, 0.2) is 113 Å². The van der Waals surface area contributed by atoms with Crippen LogP contribution in [0.5, 0.6) is 5.75 Å². The van der Waals surface area contributed by atoms with Gasteiger partial charge in [-0.15, -0.1) is 11.8 Å². The summed E-state index contributed by atoms with van der Waals surface area (Å²) >= 11 is 1.50. The second kappa shape index (κ2) is 17.0. The number of nitrogens with one attached hydrogen (secondary N) is 1. The highest BCUT2D eigenvalue weighted by molar-refractivity contribution is 7.98. The fraction of sp³-hybridized carbons (Fsp3) is 0.297. The Morgan fingerprint density at radius 1 is 0.872 bits per heavy atom. The van der Waals surface area contributed by atoms with Crippen molar-refractivity contribution in [1.82, 2.24) is 10.2 Å². The van der Waals surface area contributed by atoms with Gasteiger partial charge >= 0.3 is 0 Å². The first-order valence-electron chi connectivity index (χ1n) is 15.7. The number of nitrogens with zero attached hydrogens (tertiary/aromatic N) is 2. The third kappa shape index (κ3) is 9.39. The average Bonchev–Trinajstić information content (AvgIpc) is 3.08. The molecule has 0 heterocycles. The van der Waals surface area contributed by atoms with E-state index >= 15 is 0 Å². The van der Waals surface area contributed by atoms with Crippen LogP contribution in [0, 0.1) is 6.92 Å². The molecule has 0 saturated heterocycles. The molecule has 47 heavy (non-hydrogen) atoms. The zero-order valence-corrected chi connectivity index (χ0v) is 29.0. The molecule has 1 N–H and O–H groups in total. The van der Waals surface area contributed by atoms with E-state index in [1.54, 1.807) is 48.5 Å². The zero-order valence-electron chi connectivity index (χ0n) is 27.4. The maximum Gasteiger partial charge on any atom is 0.264 e. The molecular formula is C37H43N3O5S2. The fourth-order valence-electron chi connectivity index (χ4n) is 5.26. The predicted octanol–water partition coefficient (Wildman–Crippen LogP) is 6.48. The number of benzene rings is 4. The summed E-state index contributed by atoms with van der Waals surface area (Å²) in [5.41, 5.74) is 2.96. The lowest BCUT2D eigenvalue weighted by Crippen LogP contribution is -2.53. The highest BCUT2D eigenvalue weighted by Gasteiger charge is 2.35. The van der Waals surface area contributed by atoms with Crippen molar-refractivity contribution in [2.24, 2.45) is 0 Å². The molecule has 0 radical (unpaired) electrons. The maximum atomic E-state index is 14.7. The van der Waals surface area contributed by atoms with Crippen molar-refractivity contribution in [2.45, 2.75) is 56.0 Å². The average molecular weight is 674 g/mol. The zero-order chi connectivity index (χ0) is 33.8. The summed E-state index contributed by atoms with van der Waals surface area (Å²) in [6, 6.07) is 29.7. The van der Waals surface area contributed by atoms with Crippen LogP contribution in [0.1, 0.15) is 37.0 Å². The van der Waals surface area contributed by atoms with Gasteiger partial charge in [0, 0.05) is 24.4 Å². The van der Waals surface area contributed by atoms with Crippen molar-refractivity contribution >= 4 is 39.3 Å². The number of hydrogen-bond acceptors (Lipinski definition) is 6. The van der Waals surface area contributed by atoms with Crippen molar-refractivity contribution in [1.29, 1.82) is 0 Å². The Morgan fingerprint density at radius 2 is 1.55 bits per heavy atom.